The Morgan fingerprint density at radius 2 is 1.77 bits per heavy atom. The molecule has 6 heteroatoms. The smallest absolute Gasteiger partial charge is 0.276 e. The number of nitrogens with one attached hydrogen (secondary N) is 2. The van der Waals surface area contributed by atoms with Crippen molar-refractivity contribution >= 4 is 11.6 Å². The molecule has 3 rings (SSSR count). The Kier molecular flexibility index (Phi) is 5.31. The highest BCUT2D eigenvalue weighted by Gasteiger charge is 2.13. The number of aryl methyl sites for hydroxylation is 2. The maximum Gasteiger partial charge on any atom is 0.276 e. The molecule has 136 valence electrons. The Morgan fingerprint density at radius 1 is 1.08 bits per heavy atom. The van der Waals surface area contributed by atoms with Gasteiger partial charge in [-0.15, -0.1) is 0 Å². The largest absolute Gasteiger partial charge is 0.486 e. The van der Waals surface area contributed by atoms with E-state index >= 15 is 0 Å². The van der Waals surface area contributed by atoms with Gasteiger partial charge in [0.15, 0.2) is 18.1 Å². The Labute approximate surface area is 152 Å². The van der Waals surface area contributed by atoms with Crippen molar-refractivity contribution in [1.82, 2.24) is 10.9 Å². The van der Waals surface area contributed by atoms with Crippen molar-refractivity contribution in [2.45, 2.75) is 13.8 Å². The fourth-order valence-electron chi connectivity index (χ4n) is 2.65. The molecule has 6 nitrogen and oxygen atoms in total. The van der Waals surface area contributed by atoms with Gasteiger partial charge in [0.1, 0.15) is 19.0 Å². The zero-order valence-electron chi connectivity index (χ0n) is 14.9. The van der Waals surface area contributed by atoms with Crippen LogP contribution < -0.4 is 25.1 Å². The number of amides is 1. The highest BCUT2D eigenvalue weighted by molar-refractivity contribution is 5.78. The first-order valence-corrected chi connectivity index (χ1v) is 8.37. The summed E-state index contributed by atoms with van der Waals surface area (Å²) in [6.07, 6.45) is 0. The zero-order valence-corrected chi connectivity index (χ0v) is 14.9. The molecule has 0 radical (unpaired) electrons. The topological polar surface area (TPSA) is 68.8 Å². The maximum atomic E-state index is 12.0. The van der Waals surface area contributed by atoms with Crippen LogP contribution >= 0.6 is 0 Å². The molecule has 0 spiro atoms. The predicted molar refractivity (Wildman–Crippen MR) is 99.2 cm³/mol. The number of hydrogen-bond donors (Lipinski definition) is 2. The SMILES string of the molecule is C=C(NNC(=O)COc1c(C)cccc1C)c1ccc2c(c1)OCCO2. The minimum atomic E-state index is -0.300. The lowest BCUT2D eigenvalue weighted by Crippen LogP contribution is -2.39. The van der Waals surface area contributed by atoms with Crippen molar-refractivity contribution in [2.24, 2.45) is 0 Å². The van der Waals surface area contributed by atoms with Crippen LogP contribution in [-0.2, 0) is 4.79 Å². The van der Waals surface area contributed by atoms with Gasteiger partial charge < -0.3 is 14.2 Å². The van der Waals surface area contributed by atoms with E-state index in [2.05, 4.69) is 17.4 Å². The van der Waals surface area contributed by atoms with E-state index in [4.69, 9.17) is 14.2 Å². The highest BCUT2D eigenvalue weighted by atomic mass is 16.6. The Balaban J connectivity index is 1.52. The average Bonchev–Trinajstić information content (AvgIpc) is 2.65. The van der Waals surface area contributed by atoms with Gasteiger partial charge in [0, 0.05) is 5.56 Å². The normalized spacial score (nSPS) is 12.2. The van der Waals surface area contributed by atoms with Crippen molar-refractivity contribution in [3.05, 3.63) is 59.7 Å². The second-order valence-electron chi connectivity index (χ2n) is 6.02. The van der Waals surface area contributed by atoms with Crippen LogP contribution in [0.25, 0.3) is 5.70 Å². The van der Waals surface area contributed by atoms with Crippen molar-refractivity contribution in [3.8, 4) is 17.2 Å². The van der Waals surface area contributed by atoms with Crippen molar-refractivity contribution in [3.63, 3.8) is 0 Å². The van der Waals surface area contributed by atoms with Gasteiger partial charge in [-0.25, -0.2) is 0 Å². The Hall–Kier alpha value is -3.15. The van der Waals surface area contributed by atoms with Gasteiger partial charge in [-0.3, -0.25) is 15.6 Å². The summed E-state index contributed by atoms with van der Waals surface area (Å²) in [6.45, 7) is 8.79. The quantitative estimate of drug-likeness (QED) is 0.781. The van der Waals surface area contributed by atoms with Crippen molar-refractivity contribution in [1.29, 1.82) is 0 Å². The van der Waals surface area contributed by atoms with Crippen LogP contribution in [0.4, 0.5) is 0 Å². The van der Waals surface area contributed by atoms with Gasteiger partial charge in [0.2, 0.25) is 0 Å². The molecule has 0 saturated carbocycles. The molecule has 0 saturated heterocycles. The van der Waals surface area contributed by atoms with Crippen molar-refractivity contribution < 1.29 is 19.0 Å². The average molecular weight is 354 g/mol. The van der Waals surface area contributed by atoms with E-state index in [0.717, 1.165) is 22.4 Å². The summed E-state index contributed by atoms with van der Waals surface area (Å²) in [5.41, 5.74) is 8.71. The molecular weight excluding hydrogens is 332 g/mol. The van der Waals surface area contributed by atoms with Crippen LogP contribution in [0.3, 0.4) is 0 Å². The number of benzene rings is 2. The van der Waals surface area contributed by atoms with Crippen molar-refractivity contribution in [2.75, 3.05) is 19.8 Å². The van der Waals surface area contributed by atoms with Gasteiger partial charge in [-0.05, 0) is 43.2 Å². The molecule has 2 N–H and O–H groups in total. The van der Waals surface area contributed by atoms with Crippen LogP contribution in [0.5, 0.6) is 17.2 Å². The number of hydrogen-bond acceptors (Lipinski definition) is 5. The third kappa shape index (κ3) is 4.08. The molecule has 1 heterocycles. The summed E-state index contributed by atoms with van der Waals surface area (Å²) in [5, 5.41) is 0. The van der Waals surface area contributed by atoms with Gasteiger partial charge in [-0.1, -0.05) is 24.8 Å². The summed E-state index contributed by atoms with van der Waals surface area (Å²) in [5.74, 6) is 1.81. The molecule has 0 aromatic heterocycles. The highest BCUT2D eigenvalue weighted by Crippen LogP contribution is 2.32. The molecule has 0 fully saturated rings. The van der Waals surface area contributed by atoms with Gasteiger partial charge in [0.25, 0.3) is 5.91 Å². The predicted octanol–water partition coefficient (Wildman–Crippen LogP) is 2.75. The van der Waals surface area contributed by atoms with E-state index in [9.17, 15) is 4.79 Å². The zero-order chi connectivity index (χ0) is 18.5. The van der Waals surface area contributed by atoms with Crippen LogP contribution in [0.15, 0.2) is 43.0 Å². The summed E-state index contributed by atoms with van der Waals surface area (Å²) >= 11 is 0. The molecule has 0 unspecified atom stereocenters. The molecule has 0 atom stereocenters. The fraction of sp³-hybridized carbons (Fsp3) is 0.250. The molecule has 1 aliphatic heterocycles. The lowest BCUT2D eigenvalue weighted by Gasteiger charge is -2.19. The van der Waals surface area contributed by atoms with Gasteiger partial charge in [0.05, 0.1) is 5.70 Å². The van der Waals surface area contributed by atoms with Crippen LogP contribution in [0.2, 0.25) is 0 Å². The third-order valence-electron chi connectivity index (χ3n) is 4.00. The van der Waals surface area contributed by atoms with E-state index < -0.39 is 0 Å². The number of carbonyl (C=O) groups is 1. The molecule has 2 aromatic carbocycles. The minimum absolute atomic E-state index is 0.0902. The molecule has 0 aliphatic carbocycles. The third-order valence-corrected chi connectivity index (χ3v) is 4.00. The molecule has 0 bridgehead atoms. The monoisotopic (exact) mass is 354 g/mol. The van der Waals surface area contributed by atoms with E-state index in [1.165, 1.54) is 0 Å². The van der Waals surface area contributed by atoms with E-state index in [1.54, 1.807) is 0 Å². The first kappa shape index (κ1) is 17.7. The van der Waals surface area contributed by atoms with Crippen LogP contribution in [0.1, 0.15) is 16.7 Å². The van der Waals surface area contributed by atoms with E-state index in [-0.39, 0.29) is 12.5 Å². The number of ether oxygens (including phenoxy) is 3. The Morgan fingerprint density at radius 3 is 2.50 bits per heavy atom. The number of hydrazine groups is 1. The number of carbonyl (C=O) groups excluding carboxylic acids is 1. The summed E-state index contributed by atoms with van der Waals surface area (Å²) < 4.78 is 16.7. The second kappa shape index (κ2) is 7.82. The first-order chi connectivity index (χ1) is 12.5. The molecule has 1 aliphatic rings. The van der Waals surface area contributed by atoms with Crippen LogP contribution in [0, 0.1) is 13.8 Å². The maximum absolute atomic E-state index is 12.0. The Bertz CT molecular complexity index is 812. The summed E-state index contributed by atoms with van der Waals surface area (Å²) in [4.78, 5) is 12.0. The standard InChI is InChI=1S/C20H22N2O4/c1-13-5-4-6-14(2)20(13)26-12-19(23)22-21-15(3)16-7-8-17-18(11-16)25-10-9-24-17/h4-8,11,21H,3,9-10,12H2,1-2H3,(H,22,23). The van der Waals surface area contributed by atoms with Crippen LogP contribution in [-0.4, -0.2) is 25.7 Å². The summed E-state index contributed by atoms with van der Waals surface area (Å²) in [6, 6.07) is 11.3. The number of rotatable bonds is 6. The number of fused-ring (bicyclic) bond motifs is 1. The molecule has 1 amide bonds. The molecule has 26 heavy (non-hydrogen) atoms. The lowest BCUT2D eigenvalue weighted by molar-refractivity contribution is -0.123. The van der Waals surface area contributed by atoms with Gasteiger partial charge >= 0.3 is 0 Å². The summed E-state index contributed by atoms with van der Waals surface area (Å²) in [7, 11) is 0. The minimum Gasteiger partial charge on any atom is -0.486 e. The lowest BCUT2D eigenvalue weighted by atomic mass is 10.1. The molecular formula is C20H22N2O4. The molecule has 2 aromatic rings. The second-order valence-corrected chi connectivity index (χ2v) is 6.02. The van der Waals surface area contributed by atoms with E-state index in [0.29, 0.717) is 30.4 Å². The van der Waals surface area contributed by atoms with Gasteiger partial charge in [-0.2, -0.15) is 0 Å². The fourth-order valence-corrected chi connectivity index (χ4v) is 2.65. The first-order valence-electron chi connectivity index (χ1n) is 8.37. The van der Waals surface area contributed by atoms with E-state index in [1.807, 2.05) is 50.2 Å². The number of para-hydroxylation sites is 1.